The summed E-state index contributed by atoms with van der Waals surface area (Å²) in [7, 11) is 0. The number of halogens is 2. The lowest BCUT2D eigenvalue weighted by molar-refractivity contribution is -0.162. The van der Waals surface area contributed by atoms with Gasteiger partial charge in [-0.25, -0.2) is 13.6 Å². The Morgan fingerprint density at radius 2 is 1.82 bits per heavy atom. The van der Waals surface area contributed by atoms with Crippen molar-refractivity contribution in [3.05, 3.63) is 12.2 Å². The third kappa shape index (κ3) is 5.39. The molecule has 0 amide bonds. The minimum absolute atomic E-state index is 0.0728. The molecule has 0 aromatic heterocycles. The fourth-order valence-electron chi connectivity index (χ4n) is 2.53. The van der Waals surface area contributed by atoms with Crippen LogP contribution in [0.3, 0.4) is 0 Å². The lowest BCUT2D eigenvalue weighted by Gasteiger charge is -2.33. The molecule has 0 aliphatic heterocycles. The zero-order chi connectivity index (χ0) is 17.0. The summed E-state index contributed by atoms with van der Waals surface area (Å²) in [5.74, 6) is -4.50. The van der Waals surface area contributed by atoms with Crippen molar-refractivity contribution >= 4 is 11.9 Å². The normalized spacial score (nSPS) is 17.4. The van der Waals surface area contributed by atoms with Crippen LogP contribution in [0.4, 0.5) is 8.78 Å². The monoisotopic (exact) mass is 318 g/mol. The second-order valence-corrected chi connectivity index (χ2v) is 6.33. The molecule has 0 N–H and O–H groups in total. The predicted molar refractivity (Wildman–Crippen MR) is 77.5 cm³/mol. The quantitative estimate of drug-likeness (QED) is 0.531. The first-order valence-corrected chi connectivity index (χ1v) is 7.50. The van der Waals surface area contributed by atoms with E-state index in [1.54, 1.807) is 0 Å². The standard InChI is InChI=1S/C16H24F2O4/c1-11(2)16(7-5-6-8-16)22-14(20)12(3)9-13(19)21-10-15(4,17)18/h11H,3,5-10H2,1-2,4H3. The van der Waals surface area contributed by atoms with E-state index in [9.17, 15) is 18.4 Å². The minimum Gasteiger partial charge on any atom is -0.459 e. The van der Waals surface area contributed by atoms with E-state index < -0.39 is 36.5 Å². The van der Waals surface area contributed by atoms with Crippen molar-refractivity contribution in [3.8, 4) is 0 Å². The molecule has 1 saturated carbocycles. The van der Waals surface area contributed by atoms with Gasteiger partial charge >= 0.3 is 11.9 Å². The van der Waals surface area contributed by atoms with Gasteiger partial charge in [0.05, 0.1) is 6.42 Å². The van der Waals surface area contributed by atoms with E-state index in [0.717, 1.165) is 25.7 Å². The molecule has 6 heteroatoms. The van der Waals surface area contributed by atoms with E-state index >= 15 is 0 Å². The van der Waals surface area contributed by atoms with Gasteiger partial charge in [-0.3, -0.25) is 4.79 Å². The van der Waals surface area contributed by atoms with Gasteiger partial charge in [-0.05, 0) is 31.6 Å². The summed E-state index contributed by atoms with van der Waals surface area (Å²) in [6.07, 6.45) is 3.12. The van der Waals surface area contributed by atoms with E-state index in [-0.39, 0.29) is 11.5 Å². The van der Waals surface area contributed by atoms with Crippen LogP contribution < -0.4 is 0 Å². The highest BCUT2D eigenvalue weighted by Crippen LogP contribution is 2.39. The maximum Gasteiger partial charge on any atom is 0.334 e. The zero-order valence-corrected chi connectivity index (χ0v) is 13.4. The number of hydrogen-bond acceptors (Lipinski definition) is 4. The summed E-state index contributed by atoms with van der Waals surface area (Å²) in [6.45, 7) is 7.12. The lowest BCUT2D eigenvalue weighted by Crippen LogP contribution is -2.38. The summed E-state index contributed by atoms with van der Waals surface area (Å²) < 4.78 is 35.2. The molecule has 4 nitrogen and oxygen atoms in total. The molecule has 0 bridgehead atoms. The number of ether oxygens (including phenoxy) is 2. The highest BCUT2D eigenvalue weighted by atomic mass is 19.3. The van der Waals surface area contributed by atoms with Gasteiger partial charge in [-0.1, -0.05) is 20.4 Å². The Morgan fingerprint density at radius 3 is 2.27 bits per heavy atom. The molecule has 0 saturated heterocycles. The van der Waals surface area contributed by atoms with Crippen LogP contribution in [0.25, 0.3) is 0 Å². The Morgan fingerprint density at radius 1 is 1.27 bits per heavy atom. The van der Waals surface area contributed by atoms with Gasteiger partial charge in [0.25, 0.3) is 5.92 Å². The van der Waals surface area contributed by atoms with Crippen LogP contribution in [-0.2, 0) is 19.1 Å². The van der Waals surface area contributed by atoms with Crippen molar-refractivity contribution < 1.29 is 27.8 Å². The maximum absolute atomic E-state index is 12.6. The van der Waals surface area contributed by atoms with Gasteiger partial charge < -0.3 is 9.47 Å². The second-order valence-electron chi connectivity index (χ2n) is 6.33. The highest BCUT2D eigenvalue weighted by Gasteiger charge is 2.41. The van der Waals surface area contributed by atoms with E-state index in [1.807, 2.05) is 13.8 Å². The summed E-state index contributed by atoms with van der Waals surface area (Å²) in [5, 5.41) is 0. The molecule has 0 aromatic carbocycles. The predicted octanol–water partition coefficient (Wildman–Crippen LogP) is 3.64. The Hall–Kier alpha value is -1.46. The van der Waals surface area contributed by atoms with Gasteiger partial charge in [0.2, 0.25) is 0 Å². The molecule has 126 valence electrons. The molecular formula is C16H24F2O4. The van der Waals surface area contributed by atoms with Crippen LogP contribution in [0.5, 0.6) is 0 Å². The van der Waals surface area contributed by atoms with Gasteiger partial charge in [0, 0.05) is 12.5 Å². The van der Waals surface area contributed by atoms with Crippen molar-refractivity contribution in [2.45, 2.75) is 64.4 Å². The van der Waals surface area contributed by atoms with Crippen LogP contribution in [-0.4, -0.2) is 30.1 Å². The lowest BCUT2D eigenvalue weighted by atomic mass is 9.88. The smallest absolute Gasteiger partial charge is 0.334 e. The summed E-state index contributed by atoms with van der Waals surface area (Å²) >= 11 is 0. The molecule has 1 aliphatic carbocycles. The molecule has 22 heavy (non-hydrogen) atoms. The largest absolute Gasteiger partial charge is 0.459 e. The first-order valence-electron chi connectivity index (χ1n) is 7.50. The van der Waals surface area contributed by atoms with Gasteiger partial charge in [-0.15, -0.1) is 0 Å². The molecule has 0 atom stereocenters. The highest BCUT2D eigenvalue weighted by molar-refractivity contribution is 5.93. The Balaban J connectivity index is 2.51. The molecule has 1 aliphatic rings. The first-order chi connectivity index (χ1) is 10.1. The van der Waals surface area contributed by atoms with Crippen molar-refractivity contribution in [1.29, 1.82) is 0 Å². The van der Waals surface area contributed by atoms with Gasteiger partial charge in [-0.2, -0.15) is 0 Å². The number of carbonyl (C=O) groups is 2. The fraction of sp³-hybridized carbons (Fsp3) is 0.750. The minimum atomic E-state index is -3.09. The number of alkyl halides is 2. The Labute approximate surface area is 129 Å². The van der Waals surface area contributed by atoms with Crippen LogP contribution in [0.1, 0.15) is 52.9 Å². The van der Waals surface area contributed by atoms with E-state index in [4.69, 9.17) is 4.74 Å². The molecule has 0 heterocycles. The van der Waals surface area contributed by atoms with Crippen LogP contribution in [0.2, 0.25) is 0 Å². The van der Waals surface area contributed by atoms with Crippen LogP contribution in [0.15, 0.2) is 12.2 Å². The number of rotatable bonds is 7. The van der Waals surface area contributed by atoms with Gasteiger partial charge in [0.1, 0.15) is 5.60 Å². The average Bonchev–Trinajstić information content (AvgIpc) is 2.85. The van der Waals surface area contributed by atoms with Crippen molar-refractivity contribution in [3.63, 3.8) is 0 Å². The van der Waals surface area contributed by atoms with Crippen molar-refractivity contribution in [2.24, 2.45) is 5.92 Å². The summed E-state index contributed by atoms with van der Waals surface area (Å²) in [5.41, 5.74) is -0.586. The van der Waals surface area contributed by atoms with Crippen LogP contribution >= 0.6 is 0 Å². The third-order valence-electron chi connectivity index (χ3n) is 3.93. The molecule has 0 unspecified atom stereocenters. The van der Waals surface area contributed by atoms with Crippen molar-refractivity contribution in [1.82, 2.24) is 0 Å². The van der Waals surface area contributed by atoms with Gasteiger partial charge in [0.15, 0.2) is 6.61 Å². The van der Waals surface area contributed by atoms with Crippen LogP contribution in [0, 0.1) is 5.92 Å². The second kappa shape index (κ2) is 7.20. The molecule has 0 aromatic rings. The van der Waals surface area contributed by atoms with E-state index in [2.05, 4.69) is 11.3 Å². The SMILES string of the molecule is C=C(CC(=O)OCC(C)(F)F)C(=O)OC1(C(C)C)CCCC1. The maximum atomic E-state index is 12.6. The fourth-order valence-corrected chi connectivity index (χ4v) is 2.53. The zero-order valence-electron chi connectivity index (χ0n) is 13.4. The average molecular weight is 318 g/mol. The van der Waals surface area contributed by atoms with E-state index in [1.165, 1.54) is 0 Å². The molecule has 0 spiro atoms. The molecular weight excluding hydrogens is 294 g/mol. The topological polar surface area (TPSA) is 52.6 Å². The van der Waals surface area contributed by atoms with Crippen molar-refractivity contribution in [2.75, 3.05) is 6.61 Å². The number of hydrogen-bond donors (Lipinski definition) is 0. The molecule has 1 fully saturated rings. The molecule has 1 rings (SSSR count). The van der Waals surface area contributed by atoms with E-state index in [0.29, 0.717) is 6.92 Å². The molecule has 0 radical (unpaired) electrons. The first kappa shape index (κ1) is 18.6. The Kier molecular flexibility index (Phi) is 6.08. The number of carbonyl (C=O) groups excluding carboxylic acids is 2. The third-order valence-corrected chi connectivity index (χ3v) is 3.93. The summed E-state index contributed by atoms with van der Waals surface area (Å²) in [6, 6.07) is 0. The number of esters is 2. The Bertz CT molecular complexity index is 432. The summed E-state index contributed by atoms with van der Waals surface area (Å²) in [4.78, 5) is 23.5.